The second kappa shape index (κ2) is 6.38. The summed E-state index contributed by atoms with van der Waals surface area (Å²) < 4.78 is 0. The molecular formula is C15H15NOS. The fourth-order valence-corrected chi connectivity index (χ4v) is 2.45. The topological polar surface area (TPSA) is 43.1 Å². The number of carbonyl (C=O) groups excluding carboxylic acids is 1. The Morgan fingerprint density at radius 1 is 1.00 bits per heavy atom. The van der Waals surface area contributed by atoms with Crippen LogP contribution in [0, 0.1) is 0 Å². The van der Waals surface area contributed by atoms with E-state index < -0.39 is 0 Å². The summed E-state index contributed by atoms with van der Waals surface area (Å²) >= 11 is 1.27. The van der Waals surface area contributed by atoms with Crippen LogP contribution in [-0.2, 0) is 0 Å². The van der Waals surface area contributed by atoms with Gasteiger partial charge >= 0.3 is 0 Å². The predicted octanol–water partition coefficient (Wildman–Crippen LogP) is 3.26. The molecule has 0 heterocycles. The average molecular weight is 257 g/mol. The Bertz CT molecular complexity index is 498. The normalized spacial score (nSPS) is 12.1. The smallest absolute Gasteiger partial charge is 0.219 e. The molecule has 0 fully saturated rings. The van der Waals surface area contributed by atoms with Gasteiger partial charge in [0.1, 0.15) is 0 Å². The van der Waals surface area contributed by atoms with Gasteiger partial charge in [-0.1, -0.05) is 72.4 Å². The van der Waals surface area contributed by atoms with Crippen LogP contribution in [0.5, 0.6) is 0 Å². The lowest BCUT2D eigenvalue weighted by molar-refractivity contribution is 0.108. The molecule has 0 aliphatic rings. The van der Waals surface area contributed by atoms with Crippen LogP contribution >= 0.6 is 11.8 Å². The summed E-state index contributed by atoms with van der Waals surface area (Å²) in [6.07, 6.45) is 0. The van der Waals surface area contributed by atoms with Gasteiger partial charge in [-0.15, -0.1) is 0 Å². The van der Waals surface area contributed by atoms with Crippen LogP contribution in [0.2, 0.25) is 0 Å². The highest BCUT2D eigenvalue weighted by molar-refractivity contribution is 8.14. The van der Waals surface area contributed by atoms with Crippen molar-refractivity contribution >= 4 is 16.9 Å². The molecule has 0 spiro atoms. The molecule has 2 aromatic carbocycles. The molecule has 2 rings (SSSR count). The lowest BCUT2D eigenvalue weighted by atomic mass is 10.1. The maximum atomic E-state index is 11.9. The summed E-state index contributed by atoms with van der Waals surface area (Å²) in [7, 11) is 0. The van der Waals surface area contributed by atoms with Gasteiger partial charge in [-0.2, -0.15) is 0 Å². The van der Waals surface area contributed by atoms with Crippen molar-refractivity contribution in [2.24, 2.45) is 5.73 Å². The molecule has 3 heteroatoms. The molecule has 0 amide bonds. The van der Waals surface area contributed by atoms with Gasteiger partial charge in [-0.25, -0.2) is 0 Å². The molecule has 2 N–H and O–H groups in total. The zero-order valence-corrected chi connectivity index (χ0v) is 10.8. The molecule has 0 bridgehead atoms. The Kier molecular flexibility index (Phi) is 4.56. The summed E-state index contributed by atoms with van der Waals surface area (Å²) in [6.45, 7) is 0. The lowest BCUT2D eigenvalue weighted by Gasteiger charge is -2.10. The largest absolute Gasteiger partial charge is 0.323 e. The first-order chi connectivity index (χ1) is 8.77. The van der Waals surface area contributed by atoms with Crippen molar-refractivity contribution in [3.8, 4) is 0 Å². The van der Waals surface area contributed by atoms with Crippen LogP contribution in [0.25, 0.3) is 0 Å². The fraction of sp³-hybridized carbons (Fsp3) is 0.133. The Morgan fingerprint density at radius 3 is 2.17 bits per heavy atom. The van der Waals surface area contributed by atoms with Crippen LogP contribution in [0.1, 0.15) is 22.0 Å². The van der Waals surface area contributed by atoms with E-state index in [1.807, 2.05) is 60.7 Å². The lowest BCUT2D eigenvalue weighted by Crippen LogP contribution is -2.14. The maximum absolute atomic E-state index is 11.9. The first kappa shape index (κ1) is 12.9. The van der Waals surface area contributed by atoms with Crippen molar-refractivity contribution in [2.45, 2.75) is 6.04 Å². The third kappa shape index (κ3) is 3.45. The summed E-state index contributed by atoms with van der Waals surface area (Å²) in [6, 6.07) is 19.0. The molecule has 1 unspecified atom stereocenters. The van der Waals surface area contributed by atoms with E-state index >= 15 is 0 Å². The number of nitrogens with two attached hydrogens (primary N) is 1. The first-order valence-corrected chi connectivity index (χ1v) is 6.78. The SMILES string of the molecule is NC(CSC(=O)c1ccccc1)c1ccccc1. The Labute approximate surface area is 111 Å². The number of carbonyl (C=O) groups is 1. The molecule has 92 valence electrons. The van der Waals surface area contributed by atoms with Gasteiger partial charge in [0.25, 0.3) is 0 Å². The average Bonchev–Trinajstić information content (AvgIpc) is 2.46. The van der Waals surface area contributed by atoms with Gasteiger partial charge in [-0.3, -0.25) is 4.79 Å². The zero-order valence-electron chi connectivity index (χ0n) is 9.95. The molecule has 0 aliphatic carbocycles. The molecule has 1 atom stereocenters. The standard InChI is InChI=1S/C15H15NOS/c16-14(12-7-3-1-4-8-12)11-18-15(17)13-9-5-2-6-10-13/h1-10,14H,11,16H2. The van der Waals surface area contributed by atoms with Crippen LogP contribution < -0.4 is 5.73 Å². The Hall–Kier alpha value is -1.58. The number of rotatable bonds is 4. The van der Waals surface area contributed by atoms with E-state index in [1.54, 1.807) is 0 Å². The number of hydrogen-bond donors (Lipinski definition) is 1. The van der Waals surface area contributed by atoms with Gasteiger partial charge in [0.15, 0.2) is 0 Å². The van der Waals surface area contributed by atoms with Gasteiger partial charge in [0, 0.05) is 17.4 Å². The quantitative estimate of drug-likeness (QED) is 0.914. The van der Waals surface area contributed by atoms with E-state index in [9.17, 15) is 4.79 Å². The summed E-state index contributed by atoms with van der Waals surface area (Å²) in [5.41, 5.74) is 7.83. The van der Waals surface area contributed by atoms with Crippen molar-refractivity contribution in [1.82, 2.24) is 0 Å². The van der Waals surface area contributed by atoms with Crippen LogP contribution in [0.15, 0.2) is 60.7 Å². The molecule has 0 saturated carbocycles. The molecule has 0 aromatic heterocycles. The highest BCUT2D eigenvalue weighted by Gasteiger charge is 2.10. The summed E-state index contributed by atoms with van der Waals surface area (Å²) in [4.78, 5) is 11.9. The van der Waals surface area contributed by atoms with Crippen LogP contribution in [-0.4, -0.2) is 10.9 Å². The zero-order chi connectivity index (χ0) is 12.8. The Balaban J connectivity index is 1.91. The van der Waals surface area contributed by atoms with Crippen molar-refractivity contribution in [3.63, 3.8) is 0 Å². The van der Waals surface area contributed by atoms with Gasteiger partial charge in [-0.05, 0) is 5.56 Å². The third-order valence-corrected chi connectivity index (χ3v) is 3.65. The van der Waals surface area contributed by atoms with E-state index in [-0.39, 0.29) is 11.2 Å². The molecule has 0 saturated heterocycles. The van der Waals surface area contributed by atoms with Crippen molar-refractivity contribution < 1.29 is 4.79 Å². The number of hydrogen-bond acceptors (Lipinski definition) is 3. The second-order valence-electron chi connectivity index (χ2n) is 3.98. The fourth-order valence-electron chi connectivity index (χ4n) is 1.62. The predicted molar refractivity (Wildman–Crippen MR) is 76.6 cm³/mol. The molecule has 2 nitrogen and oxygen atoms in total. The summed E-state index contributed by atoms with van der Waals surface area (Å²) in [5.74, 6) is 0.595. The molecule has 0 aliphatic heterocycles. The number of thioether (sulfide) groups is 1. The highest BCUT2D eigenvalue weighted by atomic mass is 32.2. The van der Waals surface area contributed by atoms with E-state index in [0.29, 0.717) is 5.75 Å². The van der Waals surface area contributed by atoms with Crippen molar-refractivity contribution in [2.75, 3.05) is 5.75 Å². The molecule has 2 aromatic rings. The molecule has 18 heavy (non-hydrogen) atoms. The first-order valence-electron chi connectivity index (χ1n) is 5.80. The second-order valence-corrected chi connectivity index (χ2v) is 4.97. The third-order valence-electron chi connectivity index (χ3n) is 2.63. The minimum Gasteiger partial charge on any atom is -0.323 e. The number of benzene rings is 2. The van der Waals surface area contributed by atoms with E-state index in [0.717, 1.165) is 11.1 Å². The monoisotopic (exact) mass is 257 g/mol. The van der Waals surface area contributed by atoms with Crippen molar-refractivity contribution in [1.29, 1.82) is 0 Å². The van der Waals surface area contributed by atoms with Gasteiger partial charge in [0.05, 0.1) is 0 Å². The highest BCUT2D eigenvalue weighted by Crippen LogP contribution is 2.19. The van der Waals surface area contributed by atoms with E-state index in [4.69, 9.17) is 5.73 Å². The summed E-state index contributed by atoms with van der Waals surface area (Å²) in [5, 5.41) is 0.0713. The van der Waals surface area contributed by atoms with Crippen LogP contribution in [0.4, 0.5) is 0 Å². The molecule has 0 radical (unpaired) electrons. The van der Waals surface area contributed by atoms with Crippen LogP contribution in [0.3, 0.4) is 0 Å². The van der Waals surface area contributed by atoms with Gasteiger partial charge < -0.3 is 5.73 Å². The minimum absolute atomic E-state index is 0.0713. The maximum Gasteiger partial charge on any atom is 0.219 e. The minimum atomic E-state index is -0.108. The van der Waals surface area contributed by atoms with Gasteiger partial charge in [0.2, 0.25) is 5.12 Å². The Morgan fingerprint density at radius 2 is 1.56 bits per heavy atom. The van der Waals surface area contributed by atoms with E-state index in [1.165, 1.54) is 11.8 Å². The van der Waals surface area contributed by atoms with Crippen molar-refractivity contribution in [3.05, 3.63) is 71.8 Å². The van der Waals surface area contributed by atoms with E-state index in [2.05, 4.69) is 0 Å². The molecular weight excluding hydrogens is 242 g/mol.